The largest absolute Gasteiger partial charge is 0.346 e. The first-order valence-electron chi connectivity index (χ1n) is 20.1. The summed E-state index contributed by atoms with van der Waals surface area (Å²) in [6.07, 6.45) is 9.07. The number of carbonyl (C=O) groups excluding carboxylic acids is 5. The van der Waals surface area contributed by atoms with Crippen molar-refractivity contribution in [1.82, 2.24) is 30.5 Å². The quantitative estimate of drug-likeness (QED) is 0.164. The fourth-order valence-electron chi connectivity index (χ4n) is 9.34. The van der Waals surface area contributed by atoms with Gasteiger partial charge in [-0.15, -0.1) is 6.58 Å². The van der Waals surface area contributed by atoms with Gasteiger partial charge in [0.15, 0.2) is 0 Å². The second-order valence-electron chi connectivity index (χ2n) is 18.2. The lowest BCUT2D eigenvalue weighted by atomic mass is 9.80. The zero-order valence-electron chi connectivity index (χ0n) is 33.1. The van der Waals surface area contributed by atoms with Gasteiger partial charge in [0.1, 0.15) is 12.1 Å². The summed E-state index contributed by atoms with van der Waals surface area (Å²) < 4.78 is 28.3. The zero-order valence-corrected chi connectivity index (χ0v) is 33.9. The predicted octanol–water partition coefficient (Wildman–Crippen LogP) is 3.88. The topological polar surface area (TPSA) is 174 Å². The number of fused-ring (bicyclic) bond motifs is 2. The molecule has 3 aliphatic carbocycles. The van der Waals surface area contributed by atoms with Crippen LogP contribution in [-0.2, 0) is 35.7 Å². The highest BCUT2D eigenvalue weighted by atomic mass is 32.2. The molecule has 5 amide bonds. The van der Waals surface area contributed by atoms with Crippen LogP contribution in [0.25, 0.3) is 0 Å². The molecule has 13 nitrogen and oxygen atoms in total. The average molecular weight is 781 g/mol. The molecular weight excluding hydrogens is 721 g/mol. The molecule has 1 unspecified atom stereocenters. The number of rotatable bonds is 14. The van der Waals surface area contributed by atoms with Crippen molar-refractivity contribution in [2.75, 3.05) is 19.6 Å². The van der Waals surface area contributed by atoms with Crippen LogP contribution in [0, 0.1) is 34.5 Å². The fourth-order valence-corrected chi connectivity index (χ4v) is 11.0. The molecular formula is C41H60N6O7S. The van der Waals surface area contributed by atoms with E-state index < -0.39 is 63.2 Å². The molecule has 6 rings (SSSR count). The summed E-state index contributed by atoms with van der Waals surface area (Å²) in [4.78, 5) is 71.1. The molecule has 1 aromatic carbocycles. The van der Waals surface area contributed by atoms with Crippen molar-refractivity contribution in [2.45, 2.75) is 128 Å². The Labute approximate surface area is 326 Å². The van der Waals surface area contributed by atoms with Gasteiger partial charge in [0.25, 0.3) is 5.91 Å². The molecule has 14 heteroatoms. The molecule has 3 saturated carbocycles. The molecule has 55 heavy (non-hydrogen) atoms. The Kier molecular flexibility index (Phi) is 11.9. The van der Waals surface area contributed by atoms with E-state index in [0.29, 0.717) is 18.5 Å². The van der Waals surface area contributed by atoms with E-state index in [9.17, 15) is 32.4 Å². The number of hydrogen-bond donors (Lipinski definition) is 4. The number of likely N-dealkylation sites (tertiary alicyclic amines) is 1. The highest BCUT2D eigenvalue weighted by Crippen LogP contribution is 2.65. The number of urea groups is 1. The third-order valence-electron chi connectivity index (χ3n) is 13.2. The number of amides is 5. The lowest BCUT2D eigenvalue weighted by Crippen LogP contribution is -2.62. The van der Waals surface area contributed by atoms with E-state index in [0.717, 1.165) is 51.4 Å². The first-order chi connectivity index (χ1) is 25.9. The Morgan fingerprint density at radius 3 is 2.27 bits per heavy atom. The van der Waals surface area contributed by atoms with Crippen LogP contribution in [0.2, 0.25) is 0 Å². The maximum atomic E-state index is 14.8. The van der Waals surface area contributed by atoms with Crippen LogP contribution in [0.5, 0.6) is 0 Å². The van der Waals surface area contributed by atoms with E-state index >= 15 is 0 Å². The molecule has 2 aliphatic heterocycles. The number of ketones is 1. The standard InChI is InChI=1S/C41H60N6O7S/c1-7-20-42-37(50)35(48)29(21-25-14-13-15-25)43-36(49)34-32-28(41(32,5)6)23-47(34)38(51)33(26-16-9-8-10-17-26)45-39(52)44-31(40(2,3)4)24-46-22-27-18-11-12-19-30(27)55(46,53)54/h7,11-12,18-19,25-26,28-29,31-34H,1,8-10,13-17,20-24H2,2-6H3,(H,42,50)(H,43,49)(H2,44,45,52)/t28-,29?,31+,32-,33-,34-/m0/s1. The number of benzene rings is 1. The summed E-state index contributed by atoms with van der Waals surface area (Å²) >= 11 is 0. The second kappa shape index (κ2) is 16.0. The van der Waals surface area contributed by atoms with Crippen LogP contribution in [0.4, 0.5) is 4.79 Å². The number of hydrogen-bond acceptors (Lipinski definition) is 7. The molecule has 1 saturated heterocycles. The van der Waals surface area contributed by atoms with Gasteiger partial charge in [0.05, 0.1) is 10.9 Å². The van der Waals surface area contributed by atoms with E-state index in [1.807, 2.05) is 26.8 Å². The van der Waals surface area contributed by atoms with E-state index in [-0.39, 0.29) is 59.5 Å². The van der Waals surface area contributed by atoms with Gasteiger partial charge in [-0.2, -0.15) is 4.31 Å². The highest BCUT2D eigenvalue weighted by Gasteiger charge is 2.70. The van der Waals surface area contributed by atoms with Gasteiger partial charge in [-0.25, -0.2) is 13.2 Å². The fraction of sp³-hybridized carbons (Fsp3) is 0.683. The van der Waals surface area contributed by atoms with E-state index in [1.165, 1.54) is 10.4 Å². The smallest absolute Gasteiger partial charge is 0.315 e. The SMILES string of the molecule is C=CCNC(=O)C(=O)C(CC1CCC1)NC(=O)[C@@H]1[C@@H]2[C@H](CN1C(=O)[C@@H](NC(=O)N[C@H](CN1Cc3ccccc3S1(=O)=O)C(C)(C)C)C1CCCCC1)C2(C)C. The lowest BCUT2D eigenvalue weighted by molar-refractivity contribution is -0.145. The highest BCUT2D eigenvalue weighted by molar-refractivity contribution is 7.89. The summed E-state index contributed by atoms with van der Waals surface area (Å²) in [5.74, 6) is -2.25. The maximum Gasteiger partial charge on any atom is 0.315 e. The summed E-state index contributed by atoms with van der Waals surface area (Å²) in [7, 11) is -3.74. The van der Waals surface area contributed by atoms with Gasteiger partial charge in [-0.05, 0) is 65.4 Å². The molecule has 0 radical (unpaired) electrons. The van der Waals surface area contributed by atoms with Crippen LogP contribution in [-0.4, -0.2) is 91.0 Å². The van der Waals surface area contributed by atoms with Gasteiger partial charge in [0.2, 0.25) is 27.6 Å². The van der Waals surface area contributed by atoms with Crippen molar-refractivity contribution < 1.29 is 32.4 Å². The summed E-state index contributed by atoms with van der Waals surface area (Å²) in [5, 5.41) is 11.5. The van der Waals surface area contributed by atoms with Gasteiger partial charge in [-0.1, -0.05) is 97.4 Å². The number of sulfonamides is 1. The third-order valence-corrected chi connectivity index (χ3v) is 15.1. The molecule has 1 aromatic rings. The first kappa shape index (κ1) is 40.9. The molecule has 6 atom stereocenters. The van der Waals surface area contributed by atoms with E-state index in [1.54, 1.807) is 23.1 Å². The van der Waals surface area contributed by atoms with Gasteiger partial charge < -0.3 is 26.2 Å². The van der Waals surface area contributed by atoms with Crippen LogP contribution in [0.3, 0.4) is 0 Å². The number of Topliss-reactive ketones (excluding diaryl/α,β-unsaturated/α-hetero) is 1. The molecule has 302 valence electrons. The normalized spacial score (nSPS) is 26.0. The summed E-state index contributed by atoms with van der Waals surface area (Å²) in [6, 6.07) is 2.96. The molecule has 0 spiro atoms. The van der Waals surface area contributed by atoms with Crippen molar-refractivity contribution >= 4 is 39.6 Å². The summed E-state index contributed by atoms with van der Waals surface area (Å²) in [6.45, 7) is 14.3. The van der Waals surface area contributed by atoms with Crippen molar-refractivity contribution in [3.05, 3.63) is 42.5 Å². The minimum atomic E-state index is -3.74. The molecule has 4 N–H and O–H groups in total. The number of nitrogens with zero attached hydrogens (tertiary/aromatic N) is 2. The average Bonchev–Trinajstić information content (AvgIpc) is 3.38. The second-order valence-corrected chi connectivity index (χ2v) is 20.1. The number of carbonyl (C=O) groups is 5. The van der Waals surface area contributed by atoms with Gasteiger partial charge in [-0.3, -0.25) is 19.2 Å². The van der Waals surface area contributed by atoms with Crippen LogP contribution in [0.1, 0.15) is 98.0 Å². The minimum absolute atomic E-state index is 0.0507. The Bertz CT molecular complexity index is 1780. The van der Waals surface area contributed by atoms with Gasteiger partial charge in [0, 0.05) is 32.2 Å². The van der Waals surface area contributed by atoms with E-state index in [2.05, 4.69) is 41.7 Å². The maximum absolute atomic E-state index is 14.8. The van der Waals surface area contributed by atoms with Crippen LogP contribution >= 0.6 is 0 Å². The Balaban J connectivity index is 1.20. The van der Waals surface area contributed by atoms with E-state index in [4.69, 9.17) is 0 Å². The number of nitrogens with one attached hydrogen (secondary N) is 4. The molecule has 4 fully saturated rings. The monoisotopic (exact) mass is 780 g/mol. The Hall–Kier alpha value is -3.78. The molecule has 2 heterocycles. The van der Waals surface area contributed by atoms with Crippen LogP contribution in [0.15, 0.2) is 41.8 Å². The Morgan fingerprint density at radius 1 is 0.964 bits per heavy atom. The van der Waals surface area contributed by atoms with Gasteiger partial charge >= 0.3 is 6.03 Å². The molecule has 0 bridgehead atoms. The third kappa shape index (κ3) is 8.50. The number of piperidine rings is 1. The zero-order chi connectivity index (χ0) is 39.9. The Morgan fingerprint density at radius 2 is 1.65 bits per heavy atom. The molecule has 5 aliphatic rings. The van der Waals surface area contributed by atoms with Crippen molar-refractivity contribution in [3.8, 4) is 0 Å². The summed E-state index contributed by atoms with van der Waals surface area (Å²) in [5.41, 5.74) is -0.0240. The van der Waals surface area contributed by atoms with Crippen molar-refractivity contribution in [2.24, 2.45) is 34.5 Å². The van der Waals surface area contributed by atoms with Crippen LogP contribution < -0.4 is 21.3 Å². The minimum Gasteiger partial charge on any atom is -0.346 e. The predicted molar refractivity (Wildman–Crippen MR) is 208 cm³/mol. The first-order valence-corrected chi connectivity index (χ1v) is 21.6. The lowest BCUT2D eigenvalue weighted by Gasteiger charge is -2.38. The van der Waals surface area contributed by atoms with Crippen molar-refractivity contribution in [3.63, 3.8) is 0 Å². The van der Waals surface area contributed by atoms with Crippen molar-refractivity contribution in [1.29, 1.82) is 0 Å². The molecule has 0 aromatic heterocycles.